The van der Waals surface area contributed by atoms with Crippen LogP contribution in [0.15, 0.2) is 48.7 Å². The summed E-state index contributed by atoms with van der Waals surface area (Å²) < 4.78 is 6.22. The number of amides is 2. The minimum atomic E-state index is -0.203. The first kappa shape index (κ1) is 21.5. The minimum Gasteiger partial charge on any atom is -0.375 e. The number of hydrogen-bond donors (Lipinski definition) is 1. The lowest BCUT2D eigenvalue weighted by atomic mass is 9.78. The van der Waals surface area contributed by atoms with E-state index in [0.29, 0.717) is 44.1 Å². The van der Waals surface area contributed by atoms with E-state index in [9.17, 15) is 9.59 Å². The van der Waals surface area contributed by atoms with Crippen molar-refractivity contribution in [2.45, 2.75) is 51.2 Å². The second kappa shape index (κ2) is 9.60. The molecule has 0 bridgehead atoms. The summed E-state index contributed by atoms with van der Waals surface area (Å²) in [5.74, 6) is 0.466. The van der Waals surface area contributed by atoms with Gasteiger partial charge in [0.05, 0.1) is 11.2 Å². The van der Waals surface area contributed by atoms with E-state index in [-0.39, 0.29) is 17.4 Å². The molecule has 1 aromatic heterocycles. The van der Waals surface area contributed by atoms with Crippen molar-refractivity contribution in [1.29, 1.82) is 0 Å². The molecule has 0 saturated carbocycles. The van der Waals surface area contributed by atoms with Crippen LogP contribution in [0.4, 0.5) is 0 Å². The lowest BCUT2D eigenvalue weighted by Gasteiger charge is -2.46. The van der Waals surface area contributed by atoms with E-state index in [1.165, 1.54) is 0 Å². The van der Waals surface area contributed by atoms with Gasteiger partial charge in [-0.15, -0.1) is 0 Å². The van der Waals surface area contributed by atoms with Crippen molar-refractivity contribution in [2.75, 3.05) is 19.7 Å². The van der Waals surface area contributed by atoms with Gasteiger partial charge in [0.2, 0.25) is 5.91 Å². The second-order valence-electron chi connectivity index (χ2n) is 8.84. The molecule has 2 fully saturated rings. The first-order valence-electron chi connectivity index (χ1n) is 11.2. The van der Waals surface area contributed by atoms with Crippen LogP contribution in [0.3, 0.4) is 0 Å². The normalized spacial score (nSPS) is 20.4. The molecule has 6 heteroatoms. The number of aromatic nitrogens is 1. The maximum absolute atomic E-state index is 12.8. The Morgan fingerprint density at radius 2 is 1.94 bits per heavy atom. The molecule has 0 aliphatic carbocycles. The van der Waals surface area contributed by atoms with Crippen LogP contribution < -0.4 is 5.32 Å². The molecule has 2 aliphatic heterocycles. The smallest absolute Gasteiger partial charge is 0.255 e. The Morgan fingerprint density at radius 1 is 1.16 bits per heavy atom. The van der Waals surface area contributed by atoms with Crippen LogP contribution in [0.25, 0.3) is 0 Å². The number of pyridine rings is 1. The van der Waals surface area contributed by atoms with Crippen LogP contribution >= 0.6 is 0 Å². The summed E-state index contributed by atoms with van der Waals surface area (Å²) in [6.45, 7) is 4.53. The van der Waals surface area contributed by atoms with Crippen LogP contribution in [-0.4, -0.2) is 47.0 Å². The van der Waals surface area contributed by atoms with Crippen LogP contribution in [0.2, 0.25) is 0 Å². The monoisotopic (exact) mass is 421 g/mol. The summed E-state index contributed by atoms with van der Waals surface area (Å²) in [7, 11) is 0. The Labute approximate surface area is 184 Å². The third-order valence-electron chi connectivity index (χ3n) is 6.52. The highest BCUT2D eigenvalue weighted by Crippen LogP contribution is 2.39. The van der Waals surface area contributed by atoms with E-state index in [0.717, 1.165) is 36.9 Å². The van der Waals surface area contributed by atoms with E-state index in [2.05, 4.69) is 10.3 Å². The average molecular weight is 422 g/mol. The van der Waals surface area contributed by atoms with Crippen molar-refractivity contribution in [2.24, 2.45) is 5.92 Å². The molecule has 6 nitrogen and oxygen atoms in total. The van der Waals surface area contributed by atoms with Gasteiger partial charge in [-0.05, 0) is 56.2 Å². The highest BCUT2D eigenvalue weighted by Gasteiger charge is 2.41. The van der Waals surface area contributed by atoms with Gasteiger partial charge in [-0.3, -0.25) is 14.6 Å². The van der Waals surface area contributed by atoms with Crippen LogP contribution in [0, 0.1) is 12.8 Å². The topological polar surface area (TPSA) is 71.5 Å². The van der Waals surface area contributed by atoms with E-state index < -0.39 is 0 Å². The van der Waals surface area contributed by atoms with Gasteiger partial charge in [-0.25, -0.2) is 0 Å². The Bertz CT molecular complexity index is 890. The van der Waals surface area contributed by atoms with Gasteiger partial charge in [0, 0.05) is 44.6 Å². The van der Waals surface area contributed by atoms with Crippen molar-refractivity contribution in [3.63, 3.8) is 0 Å². The van der Waals surface area contributed by atoms with Crippen molar-refractivity contribution in [1.82, 2.24) is 15.2 Å². The predicted octanol–water partition coefficient (Wildman–Crippen LogP) is 3.50. The van der Waals surface area contributed by atoms with E-state index in [4.69, 9.17) is 4.74 Å². The van der Waals surface area contributed by atoms with Crippen LogP contribution in [0.5, 0.6) is 0 Å². The molecule has 3 heterocycles. The van der Waals surface area contributed by atoms with Gasteiger partial charge in [0.15, 0.2) is 0 Å². The van der Waals surface area contributed by atoms with Crippen molar-refractivity contribution in [3.05, 3.63) is 65.5 Å². The maximum atomic E-state index is 12.8. The number of piperidine rings is 1. The highest BCUT2D eigenvalue weighted by atomic mass is 16.5. The van der Waals surface area contributed by atoms with Gasteiger partial charge in [-0.2, -0.15) is 0 Å². The van der Waals surface area contributed by atoms with Gasteiger partial charge in [-0.1, -0.05) is 30.3 Å². The third kappa shape index (κ3) is 5.50. The van der Waals surface area contributed by atoms with E-state index in [1.54, 1.807) is 6.20 Å². The number of nitrogens with zero attached hydrogens (tertiary/aromatic N) is 2. The lowest BCUT2D eigenvalue weighted by molar-refractivity contribution is -0.134. The molecule has 2 amide bonds. The first-order valence-corrected chi connectivity index (χ1v) is 11.2. The molecular formula is C25H31N3O3. The summed E-state index contributed by atoms with van der Waals surface area (Å²) in [6.07, 6.45) is 5.64. The minimum absolute atomic E-state index is 0.0370. The lowest BCUT2D eigenvalue weighted by Crippen LogP contribution is -2.51. The number of hydrogen-bond acceptors (Lipinski definition) is 4. The third-order valence-corrected chi connectivity index (χ3v) is 6.52. The maximum Gasteiger partial charge on any atom is 0.255 e. The molecule has 1 atom stereocenters. The van der Waals surface area contributed by atoms with E-state index >= 15 is 0 Å². The summed E-state index contributed by atoms with van der Waals surface area (Å²) in [5.41, 5.74) is 2.45. The predicted molar refractivity (Wildman–Crippen MR) is 118 cm³/mol. The fraction of sp³-hybridized carbons (Fsp3) is 0.480. The molecule has 4 rings (SSSR count). The van der Waals surface area contributed by atoms with Gasteiger partial charge < -0.3 is 15.0 Å². The highest BCUT2D eigenvalue weighted by molar-refractivity contribution is 5.94. The second-order valence-corrected chi connectivity index (χ2v) is 8.84. The molecule has 31 heavy (non-hydrogen) atoms. The molecule has 1 N–H and O–H groups in total. The molecule has 1 spiro atoms. The number of nitrogens with one attached hydrogen (secondary N) is 1. The first-order chi connectivity index (χ1) is 15.0. The number of likely N-dealkylation sites (tertiary alicyclic amines) is 1. The standard InChI is InChI=1S/C25H31N3O3/c1-19-7-8-22(18-26-19)24(30)28-12-10-25(11-13-28)16-21(9-14-31-25)15-23(29)27-17-20-5-3-2-4-6-20/h2-8,18,21H,9-17H2,1H3,(H,27,29). The Morgan fingerprint density at radius 3 is 2.65 bits per heavy atom. The largest absolute Gasteiger partial charge is 0.375 e. The summed E-state index contributed by atoms with van der Waals surface area (Å²) in [4.78, 5) is 31.4. The molecular weight excluding hydrogens is 390 g/mol. The number of rotatable bonds is 5. The fourth-order valence-corrected chi connectivity index (χ4v) is 4.68. The zero-order valence-electron chi connectivity index (χ0n) is 18.2. The molecule has 164 valence electrons. The van der Waals surface area contributed by atoms with Gasteiger partial charge >= 0.3 is 0 Å². The summed E-state index contributed by atoms with van der Waals surface area (Å²) >= 11 is 0. The molecule has 0 radical (unpaired) electrons. The van der Waals surface area contributed by atoms with Crippen LogP contribution in [0.1, 0.15) is 53.7 Å². The van der Waals surface area contributed by atoms with Crippen molar-refractivity contribution >= 4 is 11.8 Å². The zero-order valence-corrected chi connectivity index (χ0v) is 18.2. The van der Waals surface area contributed by atoms with E-state index in [1.807, 2.05) is 54.3 Å². The molecule has 1 aromatic carbocycles. The number of ether oxygens (including phenoxy) is 1. The van der Waals surface area contributed by atoms with Crippen molar-refractivity contribution < 1.29 is 14.3 Å². The van der Waals surface area contributed by atoms with Gasteiger partial charge in [0.1, 0.15) is 0 Å². The molecule has 2 saturated heterocycles. The number of carbonyl (C=O) groups is 2. The Kier molecular flexibility index (Phi) is 6.66. The quantitative estimate of drug-likeness (QED) is 0.802. The SMILES string of the molecule is Cc1ccc(C(=O)N2CCC3(CC2)CC(CC(=O)NCc2ccccc2)CCO3)cn1. The van der Waals surface area contributed by atoms with Crippen molar-refractivity contribution in [3.8, 4) is 0 Å². The summed E-state index contributed by atoms with van der Waals surface area (Å²) in [5, 5.41) is 3.04. The Balaban J connectivity index is 1.27. The zero-order chi connectivity index (χ0) is 21.7. The molecule has 2 aromatic rings. The molecule has 2 aliphatic rings. The number of benzene rings is 1. The average Bonchev–Trinajstić information content (AvgIpc) is 2.79. The number of carbonyl (C=O) groups excluding carboxylic acids is 2. The molecule has 1 unspecified atom stereocenters. The Hall–Kier alpha value is -2.73. The fourth-order valence-electron chi connectivity index (χ4n) is 4.68. The summed E-state index contributed by atoms with van der Waals surface area (Å²) in [6, 6.07) is 13.7. The number of aryl methyl sites for hydroxylation is 1. The van der Waals surface area contributed by atoms with Crippen LogP contribution in [-0.2, 0) is 16.1 Å². The van der Waals surface area contributed by atoms with Gasteiger partial charge in [0.25, 0.3) is 5.91 Å².